The first kappa shape index (κ1) is 23.5. The maximum atomic E-state index is 13.8. The molecule has 1 spiro atoms. The van der Waals surface area contributed by atoms with Crippen LogP contribution in [-0.2, 0) is 9.53 Å². The van der Waals surface area contributed by atoms with E-state index >= 15 is 0 Å². The molecule has 0 radical (unpaired) electrons. The fourth-order valence-corrected chi connectivity index (χ4v) is 5.37. The molecule has 3 fully saturated rings. The van der Waals surface area contributed by atoms with E-state index in [1.807, 2.05) is 24.0 Å². The quantitative estimate of drug-likeness (QED) is 0.678. The molecule has 0 N–H and O–H groups in total. The third-order valence-corrected chi connectivity index (χ3v) is 7.40. The molecule has 3 heterocycles. The lowest BCUT2D eigenvalue weighted by atomic mass is 9.96. The van der Waals surface area contributed by atoms with Gasteiger partial charge in [0.25, 0.3) is 11.8 Å². The van der Waals surface area contributed by atoms with Crippen molar-refractivity contribution in [2.45, 2.75) is 44.4 Å². The number of likely N-dealkylation sites (tertiary alicyclic amines) is 2. The van der Waals surface area contributed by atoms with Crippen LogP contribution in [0.1, 0.15) is 52.0 Å². The van der Waals surface area contributed by atoms with Crippen LogP contribution < -0.4 is 0 Å². The molecule has 2 aromatic carbocycles. The van der Waals surface area contributed by atoms with Gasteiger partial charge >= 0.3 is 0 Å². The number of ether oxygens (including phenoxy) is 1. The van der Waals surface area contributed by atoms with Gasteiger partial charge in [0.15, 0.2) is 0 Å². The molecule has 0 aliphatic carbocycles. The summed E-state index contributed by atoms with van der Waals surface area (Å²) in [6.45, 7) is 4.27. The van der Waals surface area contributed by atoms with E-state index in [1.54, 1.807) is 21.9 Å². The smallest absolute Gasteiger partial charge is 0.256 e. The first-order valence-corrected chi connectivity index (χ1v) is 12.3. The summed E-state index contributed by atoms with van der Waals surface area (Å²) in [5, 5.41) is 0. The van der Waals surface area contributed by atoms with Gasteiger partial charge in [0, 0.05) is 50.1 Å². The Kier molecular flexibility index (Phi) is 6.32. The van der Waals surface area contributed by atoms with Gasteiger partial charge in [-0.25, -0.2) is 4.39 Å². The molecule has 0 aromatic heterocycles. The van der Waals surface area contributed by atoms with Gasteiger partial charge in [0.05, 0.1) is 6.61 Å². The molecule has 0 unspecified atom stereocenters. The number of hydrogen-bond donors (Lipinski definition) is 0. The molecule has 1 atom stereocenters. The van der Waals surface area contributed by atoms with E-state index in [0.717, 1.165) is 18.4 Å². The number of piperidine rings is 1. The maximum Gasteiger partial charge on any atom is 0.256 e. The third kappa shape index (κ3) is 4.43. The number of aryl methyl sites for hydroxylation is 1. The van der Waals surface area contributed by atoms with Crippen LogP contribution in [0.5, 0.6) is 0 Å². The monoisotopic (exact) mass is 479 g/mol. The molecule has 0 saturated carbocycles. The van der Waals surface area contributed by atoms with Crippen molar-refractivity contribution in [3.63, 3.8) is 0 Å². The average molecular weight is 480 g/mol. The summed E-state index contributed by atoms with van der Waals surface area (Å²) in [7, 11) is 0. The van der Waals surface area contributed by atoms with Crippen molar-refractivity contribution < 1.29 is 23.5 Å². The van der Waals surface area contributed by atoms with Crippen LogP contribution in [0.4, 0.5) is 4.39 Å². The van der Waals surface area contributed by atoms with Gasteiger partial charge in [-0.1, -0.05) is 17.7 Å². The van der Waals surface area contributed by atoms with Crippen LogP contribution in [0.25, 0.3) is 0 Å². The number of hydrogen-bond acceptors (Lipinski definition) is 4. The minimum atomic E-state index is -0.943. The first-order valence-electron chi connectivity index (χ1n) is 12.3. The van der Waals surface area contributed by atoms with E-state index in [4.69, 9.17) is 4.74 Å². The SMILES string of the molecule is Cc1ccc(C(=O)N2[C@H](C(=O)N3CCCC3)COC23CCN(C(=O)c2ccc(F)cc2)CC3)cc1. The molecule has 0 bridgehead atoms. The summed E-state index contributed by atoms with van der Waals surface area (Å²) in [5.41, 5.74) is 1.04. The number of amides is 3. The van der Waals surface area contributed by atoms with Crippen molar-refractivity contribution in [3.8, 4) is 0 Å². The maximum absolute atomic E-state index is 13.8. The highest BCUT2D eigenvalue weighted by molar-refractivity contribution is 5.98. The van der Waals surface area contributed by atoms with E-state index in [-0.39, 0.29) is 24.3 Å². The normalized spacial score (nSPS) is 21.5. The van der Waals surface area contributed by atoms with Crippen LogP contribution in [0, 0.1) is 12.7 Å². The van der Waals surface area contributed by atoms with Crippen LogP contribution in [0.2, 0.25) is 0 Å². The van der Waals surface area contributed by atoms with Gasteiger partial charge in [0.1, 0.15) is 17.6 Å². The van der Waals surface area contributed by atoms with Crippen molar-refractivity contribution in [1.82, 2.24) is 14.7 Å². The Bertz CT molecular complexity index is 1100. The second-order valence-electron chi connectivity index (χ2n) is 9.65. The van der Waals surface area contributed by atoms with Gasteiger partial charge in [-0.15, -0.1) is 0 Å². The second-order valence-corrected chi connectivity index (χ2v) is 9.65. The van der Waals surface area contributed by atoms with E-state index < -0.39 is 17.6 Å². The number of carbonyl (C=O) groups is 3. The molecule has 3 saturated heterocycles. The molecule has 8 heteroatoms. The van der Waals surface area contributed by atoms with Crippen molar-refractivity contribution in [2.24, 2.45) is 0 Å². The minimum Gasteiger partial charge on any atom is -0.353 e. The zero-order valence-electron chi connectivity index (χ0n) is 19.9. The molecule has 3 aliphatic rings. The number of halogens is 1. The van der Waals surface area contributed by atoms with Crippen LogP contribution in [-0.4, -0.2) is 77.0 Å². The number of benzene rings is 2. The Morgan fingerprint density at radius 2 is 1.40 bits per heavy atom. The fraction of sp³-hybridized carbons (Fsp3) is 0.444. The average Bonchev–Trinajstić information content (AvgIpc) is 3.53. The Balaban J connectivity index is 1.39. The van der Waals surface area contributed by atoms with Crippen molar-refractivity contribution in [2.75, 3.05) is 32.8 Å². The first-order chi connectivity index (χ1) is 16.9. The molecule has 3 amide bonds. The van der Waals surface area contributed by atoms with Gasteiger partial charge in [-0.05, 0) is 56.2 Å². The van der Waals surface area contributed by atoms with Crippen LogP contribution in [0.3, 0.4) is 0 Å². The summed E-state index contributed by atoms with van der Waals surface area (Å²) in [4.78, 5) is 45.3. The zero-order valence-corrected chi connectivity index (χ0v) is 19.9. The third-order valence-electron chi connectivity index (χ3n) is 7.40. The Hall–Kier alpha value is -3.26. The standard InChI is InChI=1S/C27H30FN3O4/c1-19-4-6-21(7-5-19)25(33)31-23(26(34)29-14-2-3-15-29)18-35-27(31)12-16-30(17-13-27)24(32)20-8-10-22(28)11-9-20/h4-11,23H,2-3,12-18H2,1H3/t23-/m0/s1. The molecule has 2 aromatic rings. The predicted molar refractivity (Wildman–Crippen MR) is 127 cm³/mol. The van der Waals surface area contributed by atoms with Gasteiger partial charge in [0.2, 0.25) is 5.91 Å². The summed E-state index contributed by atoms with van der Waals surface area (Å²) < 4.78 is 19.6. The molecule has 184 valence electrons. The summed E-state index contributed by atoms with van der Waals surface area (Å²) in [6, 6.07) is 12.2. The summed E-state index contributed by atoms with van der Waals surface area (Å²) >= 11 is 0. The Morgan fingerprint density at radius 3 is 2.03 bits per heavy atom. The highest BCUT2D eigenvalue weighted by atomic mass is 19.1. The summed E-state index contributed by atoms with van der Waals surface area (Å²) in [5.74, 6) is -0.862. The number of carbonyl (C=O) groups excluding carboxylic acids is 3. The topological polar surface area (TPSA) is 70.2 Å². The van der Waals surface area contributed by atoms with Crippen LogP contribution in [0.15, 0.2) is 48.5 Å². The van der Waals surface area contributed by atoms with E-state index in [0.29, 0.717) is 50.1 Å². The van der Waals surface area contributed by atoms with Crippen molar-refractivity contribution in [1.29, 1.82) is 0 Å². The van der Waals surface area contributed by atoms with E-state index in [9.17, 15) is 18.8 Å². The van der Waals surface area contributed by atoms with Crippen LogP contribution >= 0.6 is 0 Å². The van der Waals surface area contributed by atoms with Gasteiger partial charge < -0.3 is 14.5 Å². The van der Waals surface area contributed by atoms with E-state index in [1.165, 1.54) is 24.3 Å². The lowest BCUT2D eigenvalue weighted by Gasteiger charge is -2.44. The second kappa shape index (κ2) is 9.41. The highest BCUT2D eigenvalue weighted by Gasteiger charge is 2.55. The number of nitrogens with zero attached hydrogens (tertiary/aromatic N) is 3. The zero-order chi connectivity index (χ0) is 24.6. The molecule has 7 nitrogen and oxygen atoms in total. The fourth-order valence-electron chi connectivity index (χ4n) is 5.37. The highest BCUT2D eigenvalue weighted by Crippen LogP contribution is 2.39. The lowest BCUT2D eigenvalue weighted by molar-refractivity contribution is -0.136. The Morgan fingerprint density at radius 1 is 0.829 bits per heavy atom. The van der Waals surface area contributed by atoms with Gasteiger partial charge in [-0.2, -0.15) is 0 Å². The van der Waals surface area contributed by atoms with Crippen molar-refractivity contribution >= 4 is 17.7 Å². The van der Waals surface area contributed by atoms with Gasteiger partial charge in [-0.3, -0.25) is 19.3 Å². The Labute approximate surface area is 204 Å². The molecule has 5 rings (SSSR count). The predicted octanol–water partition coefficient (Wildman–Crippen LogP) is 3.23. The minimum absolute atomic E-state index is 0.0651. The molecular formula is C27H30FN3O4. The number of rotatable bonds is 3. The van der Waals surface area contributed by atoms with Crippen molar-refractivity contribution in [3.05, 3.63) is 71.0 Å². The van der Waals surface area contributed by atoms with E-state index in [2.05, 4.69) is 0 Å². The molecule has 35 heavy (non-hydrogen) atoms. The lowest BCUT2D eigenvalue weighted by Crippen LogP contribution is -2.60. The summed E-state index contributed by atoms with van der Waals surface area (Å²) in [6.07, 6.45) is 2.75. The molecule has 3 aliphatic heterocycles. The molecular weight excluding hydrogens is 449 g/mol. The largest absolute Gasteiger partial charge is 0.353 e.